The summed E-state index contributed by atoms with van der Waals surface area (Å²) in [5, 5.41) is 9.96. The lowest BCUT2D eigenvalue weighted by atomic mass is 10.3. The maximum absolute atomic E-state index is 9.96. The van der Waals surface area contributed by atoms with Crippen LogP contribution in [0.5, 0.6) is 0 Å². The Hall–Kier alpha value is -0.380. The topological polar surface area (TPSA) is 23.5 Å². The van der Waals surface area contributed by atoms with Crippen molar-refractivity contribution in [3.63, 3.8) is 0 Å². The van der Waals surface area contributed by atoms with Crippen LogP contribution in [0, 0.1) is 6.92 Å². The van der Waals surface area contributed by atoms with Crippen molar-refractivity contribution in [2.75, 3.05) is 19.6 Å². The molecule has 1 aromatic rings. The molecular formula is C11H17NOS. The van der Waals surface area contributed by atoms with Crippen molar-refractivity contribution in [1.29, 1.82) is 0 Å². The van der Waals surface area contributed by atoms with Gasteiger partial charge in [0.05, 0.1) is 0 Å². The molecular weight excluding hydrogens is 194 g/mol. The summed E-state index contributed by atoms with van der Waals surface area (Å²) in [7, 11) is 0. The lowest BCUT2D eigenvalue weighted by molar-refractivity contribution is 0.129. The van der Waals surface area contributed by atoms with Crippen molar-refractivity contribution in [2.45, 2.75) is 25.9 Å². The van der Waals surface area contributed by atoms with E-state index in [1.807, 2.05) is 6.07 Å². The number of likely N-dealkylation sites (tertiary alicyclic amines) is 1. The van der Waals surface area contributed by atoms with Crippen molar-refractivity contribution in [1.82, 2.24) is 4.90 Å². The molecule has 1 unspecified atom stereocenters. The Balaban J connectivity index is 1.91. The van der Waals surface area contributed by atoms with Gasteiger partial charge < -0.3 is 10.0 Å². The van der Waals surface area contributed by atoms with Gasteiger partial charge in [-0.1, -0.05) is 0 Å². The van der Waals surface area contributed by atoms with E-state index in [2.05, 4.69) is 17.9 Å². The molecule has 2 nitrogen and oxygen atoms in total. The van der Waals surface area contributed by atoms with Gasteiger partial charge in [-0.3, -0.25) is 0 Å². The number of aliphatic hydroxyl groups excluding tert-OH is 1. The average Bonchev–Trinajstić information content (AvgIpc) is 2.75. The van der Waals surface area contributed by atoms with Gasteiger partial charge in [0.15, 0.2) is 0 Å². The minimum atomic E-state index is -0.285. The van der Waals surface area contributed by atoms with E-state index >= 15 is 0 Å². The molecule has 1 aliphatic rings. The van der Waals surface area contributed by atoms with E-state index in [1.165, 1.54) is 17.7 Å². The number of hydrogen-bond donors (Lipinski definition) is 1. The fraction of sp³-hybridized carbons (Fsp3) is 0.636. The minimum absolute atomic E-state index is 0.285. The number of hydrogen-bond acceptors (Lipinski definition) is 3. The van der Waals surface area contributed by atoms with E-state index in [0.717, 1.165) is 24.5 Å². The van der Waals surface area contributed by atoms with Crippen LogP contribution in [0.1, 0.15) is 28.7 Å². The molecule has 0 radical (unpaired) electrons. The maximum atomic E-state index is 9.96. The van der Waals surface area contributed by atoms with Crippen LogP contribution >= 0.6 is 11.3 Å². The van der Waals surface area contributed by atoms with Crippen LogP contribution in [0.4, 0.5) is 0 Å². The van der Waals surface area contributed by atoms with Gasteiger partial charge in [-0.05, 0) is 45.0 Å². The molecule has 1 aliphatic heterocycles. The van der Waals surface area contributed by atoms with Crippen LogP contribution in [0.25, 0.3) is 0 Å². The third kappa shape index (κ3) is 2.35. The molecule has 78 valence electrons. The van der Waals surface area contributed by atoms with Gasteiger partial charge in [0.1, 0.15) is 6.10 Å². The summed E-state index contributed by atoms with van der Waals surface area (Å²) in [5.41, 5.74) is 0. The first-order valence-corrected chi connectivity index (χ1v) is 6.04. The predicted molar refractivity (Wildman–Crippen MR) is 59.7 cm³/mol. The molecule has 0 amide bonds. The molecule has 1 saturated heterocycles. The molecule has 2 heterocycles. The lowest BCUT2D eigenvalue weighted by Crippen LogP contribution is -2.24. The van der Waals surface area contributed by atoms with Crippen molar-refractivity contribution in [3.8, 4) is 0 Å². The summed E-state index contributed by atoms with van der Waals surface area (Å²) in [4.78, 5) is 4.73. The van der Waals surface area contributed by atoms with Crippen molar-refractivity contribution in [2.24, 2.45) is 0 Å². The average molecular weight is 211 g/mol. The van der Waals surface area contributed by atoms with Gasteiger partial charge in [-0.15, -0.1) is 11.3 Å². The highest BCUT2D eigenvalue weighted by Gasteiger charge is 2.17. The Labute approximate surface area is 89.2 Å². The fourth-order valence-electron chi connectivity index (χ4n) is 1.93. The first-order valence-electron chi connectivity index (χ1n) is 5.22. The number of rotatable bonds is 3. The molecule has 14 heavy (non-hydrogen) atoms. The van der Waals surface area contributed by atoms with E-state index in [4.69, 9.17) is 0 Å². The van der Waals surface area contributed by atoms with Gasteiger partial charge in [-0.2, -0.15) is 0 Å². The van der Waals surface area contributed by atoms with E-state index in [9.17, 15) is 5.11 Å². The second kappa shape index (κ2) is 4.43. The van der Waals surface area contributed by atoms with E-state index < -0.39 is 0 Å². The zero-order valence-electron chi connectivity index (χ0n) is 8.57. The number of nitrogens with zero attached hydrogens (tertiary/aromatic N) is 1. The Morgan fingerprint density at radius 1 is 1.43 bits per heavy atom. The third-order valence-electron chi connectivity index (χ3n) is 2.72. The maximum Gasteiger partial charge on any atom is 0.101 e. The highest BCUT2D eigenvalue weighted by molar-refractivity contribution is 7.12. The number of aliphatic hydroxyl groups is 1. The lowest BCUT2D eigenvalue weighted by Gasteiger charge is -2.18. The van der Waals surface area contributed by atoms with Crippen LogP contribution in [0.2, 0.25) is 0 Å². The molecule has 1 fully saturated rings. The summed E-state index contributed by atoms with van der Waals surface area (Å²) in [6.45, 7) is 5.19. The molecule has 0 bridgehead atoms. The SMILES string of the molecule is Cc1ccc(C(O)CN2CCCC2)s1. The molecule has 1 N–H and O–H groups in total. The Morgan fingerprint density at radius 2 is 2.14 bits per heavy atom. The van der Waals surface area contributed by atoms with Gasteiger partial charge in [-0.25, -0.2) is 0 Å². The minimum Gasteiger partial charge on any atom is -0.386 e. The first kappa shape index (κ1) is 10.1. The summed E-state index contributed by atoms with van der Waals surface area (Å²) < 4.78 is 0. The van der Waals surface area contributed by atoms with E-state index in [0.29, 0.717) is 0 Å². The molecule has 3 heteroatoms. The second-order valence-electron chi connectivity index (χ2n) is 3.97. The summed E-state index contributed by atoms with van der Waals surface area (Å²) in [6.07, 6.45) is 2.29. The van der Waals surface area contributed by atoms with Crippen molar-refractivity contribution in [3.05, 3.63) is 21.9 Å². The van der Waals surface area contributed by atoms with Gasteiger partial charge >= 0.3 is 0 Å². The molecule has 0 saturated carbocycles. The smallest absolute Gasteiger partial charge is 0.101 e. The summed E-state index contributed by atoms with van der Waals surface area (Å²) in [5.74, 6) is 0. The Kier molecular flexibility index (Phi) is 3.21. The fourth-order valence-corrected chi connectivity index (χ4v) is 2.79. The van der Waals surface area contributed by atoms with Crippen LogP contribution < -0.4 is 0 Å². The standard InChI is InChI=1S/C11H17NOS/c1-9-4-5-11(14-9)10(13)8-12-6-2-3-7-12/h4-5,10,13H,2-3,6-8H2,1H3. The normalized spacial score (nSPS) is 20.1. The summed E-state index contributed by atoms with van der Waals surface area (Å²) >= 11 is 1.70. The number of thiophene rings is 1. The third-order valence-corrected chi connectivity index (χ3v) is 3.82. The molecule has 2 rings (SSSR count). The Bertz CT molecular complexity index is 291. The quantitative estimate of drug-likeness (QED) is 0.828. The largest absolute Gasteiger partial charge is 0.386 e. The molecule has 1 aromatic heterocycles. The van der Waals surface area contributed by atoms with Crippen molar-refractivity contribution >= 4 is 11.3 Å². The molecule has 0 spiro atoms. The van der Waals surface area contributed by atoms with Gasteiger partial charge in [0.2, 0.25) is 0 Å². The molecule has 0 aliphatic carbocycles. The van der Waals surface area contributed by atoms with Crippen LogP contribution in [0.3, 0.4) is 0 Å². The zero-order valence-corrected chi connectivity index (χ0v) is 9.39. The van der Waals surface area contributed by atoms with E-state index in [-0.39, 0.29) is 6.10 Å². The molecule has 0 aromatic carbocycles. The molecule has 1 atom stereocenters. The monoisotopic (exact) mass is 211 g/mol. The predicted octanol–water partition coefficient (Wildman–Crippen LogP) is 2.19. The van der Waals surface area contributed by atoms with Crippen LogP contribution in [0.15, 0.2) is 12.1 Å². The zero-order chi connectivity index (χ0) is 9.97. The van der Waals surface area contributed by atoms with Crippen molar-refractivity contribution < 1.29 is 5.11 Å². The van der Waals surface area contributed by atoms with Gasteiger partial charge in [0.25, 0.3) is 0 Å². The van der Waals surface area contributed by atoms with Crippen LogP contribution in [-0.2, 0) is 0 Å². The Morgan fingerprint density at radius 3 is 2.71 bits per heavy atom. The highest BCUT2D eigenvalue weighted by Crippen LogP contribution is 2.24. The van der Waals surface area contributed by atoms with E-state index in [1.54, 1.807) is 11.3 Å². The first-order chi connectivity index (χ1) is 6.75. The summed E-state index contributed by atoms with van der Waals surface area (Å²) in [6, 6.07) is 4.12. The van der Waals surface area contributed by atoms with Gasteiger partial charge in [0, 0.05) is 16.3 Å². The van der Waals surface area contributed by atoms with Crippen LogP contribution in [-0.4, -0.2) is 29.6 Å². The number of aryl methyl sites for hydroxylation is 1. The highest BCUT2D eigenvalue weighted by atomic mass is 32.1. The number of β-amino-alcohol motifs (C(OH)–C–C–N with tert-alkyl or cyclic N) is 1. The second-order valence-corrected chi connectivity index (χ2v) is 5.29.